The SMILES string of the molecule is CCC.CCS. The first-order valence-electron chi connectivity index (χ1n) is 2.44. The van der Waals surface area contributed by atoms with Gasteiger partial charge in [-0.2, -0.15) is 12.6 Å². The van der Waals surface area contributed by atoms with E-state index in [1.54, 1.807) is 0 Å². The van der Waals surface area contributed by atoms with E-state index >= 15 is 0 Å². The molecule has 0 atom stereocenters. The summed E-state index contributed by atoms with van der Waals surface area (Å²) in [4.78, 5) is 0. The van der Waals surface area contributed by atoms with Gasteiger partial charge >= 0.3 is 0 Å². The molecule has 6 heavy (non-hydrogen) atoms. The fraction of sp³-hybridized carbons (Fsp3) is 1.00. The van der Waals surface area contributed by atoms with Gasteiger partial charge in [0, 0.05) is 0 Å². The second-order valence-electron chi connectivity index (χ2n) is 1.02. The molecular weight excluding hydrogens is 92.1 g/mol. The van der Waals surface area contributed by atoms with Crippen LogP contribution in [0.2, 0.25) is 0 Å². The average Bonchev–Trinajstić information content (AvgIpc) is 1.39. The zero-order valence-corrected chi connectivity index (χ0v) is 5.76. The molecule has 40 valence electrons. The summed E-state index contributed by atoms with van der Waals surface area (Å²) in [7, 11) is 0. The molecule has 1 heteroatoms. The molecule has 0 radical (unpaired) electrons. The van der Waals surface area contributed by atoms with Gasteiger partial charge in [-0.15, -0.1) is 0 Å². The van der Waals surface area contributed by atoms with E-state index < -0.39 is 0 Å². The highest BCUT2D eigenvalue weighted by molar-refractivity contribution is 7.80. The number of hydrogen-bond donors (Lipinski definition) is 1. The average molecular weight is 106 g/mol. The van der Waals surface area contributed by atoms with Gasteiger partial charge in [-0.3, -0.25) is 0 Å². The monoisotopic (exact) mass is 106 g/mol. The van der Waals surface area contributed by atoms with Crippen LogP contribution in [-0.4, -0.2) is 5.75 Å². The minimum atomic E-state index is 0.944. The summed E-state index contributed by atoms with van der Waals surface area (Å²) in [6.07, 6.45) is 1.25. The Hall–Kier alpha value is 0.350. The van der Waals surface area contributed by atoms with Crippen LogP contribution in [0.5, 0.6) is 0 Å². The highest BCUT2D eigenvalue weighted by atomic mass is 32.1. The highest BCUT2D eigenvalue weighted by Crippen LogP contribution is 1.58. The van der Waals surface area contributed by atoms with Crippen LogP contribution in [0.3, 0.4) is 0 Å². The summed E-state index contributed by atoms with van der Waals surface area (Å²) in [6, 6.07) is 0. The second kappa shape index (κ2) is 18.3. The lowest BCUT2D eigenvalue weighted by Gasteiger charge is -1.48. The lowest BCUT2D eigenvalue weighted by molar-refractivity contribution is 1.09. The van der Waals surface area contributed by atoms with Gasteiger partial charge in [0.05, 0.1) is 0 Å². The van der Waals surface area contributed by atoms with Crippen molar-refractivity contribution in [3.8, 4) is 0 Å². The maximum Gasteiger partial charge on any atom is -0.0126 e. The molecule has 0 aromatic carbocycles. The Balaban J connectivity index is 0. The zero-order chi connectivity index (χ0) is 5.41. The number of thiol groups is 1. The largest absolute Gasteiger partial charge is 0.180 e. The fourth-order valence-electron chi connectivity index (χ4n) is 0. The molecule has 0 saturated heterocycles. The quantitative estimate of drug-likeness (QED) is 0.450. The third-order valence-electron chi connectivity index (χ3n) is 0. The summed E-state index contributed by atoms with van der Waals surface area (Å²) in [5.74, 6) is 0.944. The third kappa shape index (κ3) is 399. The van der Waals surface area contributed by atoms with Gasteiger partial charge in [0.15, 0.2) is 0 Å². The lowest BCUT2D eigenvalue weighted by atomic mass is 10.6. The summed E-state index contributed by atoms with van der Waals surface area (Å²) < 4.78 is 0. The van der Waals surface area contributed by atoms with E-state index in [1.807, 2.05) is 6.92 Å². The van der Waals surface area contributed by atoms with Crippen LogP contribution in [0.25, 0.3) is 0 Å². The molecule has 0 nitrogen and oxygen atoms in total. The van der Waals surface area contributed by atoms with Crippen molar-refractivity contribution in [1.82, 2.24) is 0 Å². The second-order valence-corrected chi connectivity index (χ2v) is 1.66. The van der Waals surface area contributed by atoms with E-state index in [0.717, 1.165) is 5.75 Å². The van der Waals surface area contributed by atoms with Crippen molar-refractivity contribution in [3.63, 3.8) is 0 Å². The van der Waals surface area contributed by atoms with E-state index in [0.29, 0.717) is 0 Å². The van der Waals surface area contributed by atoms with Crippen molar-refractivity contribution >= 4 is 12.6 Å². The molecule has 0 fully saturated rings. The summed E-state index contributed by atoms with van der Waals surface area (Å²) in [5.41, 5.74) is 0. The van der Waals surface area contributed by atoms with E-state index in [2.05, 4.69) is 26.5 Å². The molecule has 0 aliphatic rings. The predicted octanol–water partition coefficient (Wildman–Crippen LogP) is 2.35. The van der Waals surface area contributed by atoms with Crippen molar-refractivity contribution in [2.24, 2.45) is 0 Å². The molecule has 0 bridgehead atoms. The Morgan fingerprint density at radius 3 is 1.17 bits per heavy atom. The Labute approximate surface area is 46.4 Å². The summed E-state index contributed by atoms with van der Waals surface area (Å²) in [6.45, 7) is 6.24. The molecule has 0 aromatic heterocycles. The zero-order valence-electron chi connectivity index (χ0n) is 4.86. The minimum Gasteiger partial charge on any atom is -0.180 e. The minimum absolute atomic E-state index is 0.944. The topological polar surface area (TPSA) is 0 Å². The van der Waals surface area contributed by atoms with Crippen LogP contribution < -0.4 is 0 Å². The Bertz CT molecular complexity index is 5.90. The summed E-state index contributed by atoms with van der Waals surface area (Å²) in [5, 5.41) is 0. The molecule has 0 spiro atoms. The van der Waals surface area contributed by atoms with Crippen molar-refractivity contribution in [1.29, 1.82) is 0 Å². The maximum absolute atomic E-state index is 3.79. The van der Waals surface area contributed by atoms with Crippen LogP contribution in [0.1, 0.15) is 27.2 Å². The van der Waals surface area contributed by atoms with Gasteiger partial charge in [0.1, 0.15) is 0 Å². The smallest absolute Gasteiger partial charge is 0.0126 e. The van der Waals surface area contributed by atoms with Gasteiger partial charge < -0.3 is 0 Å². The molecule has 0 unspecified atom stereocenters. The molecule has 0 N–H and O–H groups in total. The van der Waals surface area contributed by atoms with E-state index in [9.17, 15) is 0 Å². The molecule has 0 aromatic rings. The van der Waals surface area contributed by atoms with Crippen molar-refractivity contribution < 1.29 is 0 Å². The maximum atomic E-state index is 3.79. The van der Waals surface area contributed by atoms with Gasteiger partial charge in [0.2, 0.25) is 0 Å². The van der Waals surface area contributed by atoms with Crippen LogP contribution >= 0.6 is 12.6 Å². The standard InChI is InChI=1S/C3H8.C2H6S/c1-3-2;1-2-3/h3H2,1-2H3;3H,2H2,1H3. The van der Waals surface area contributed by atoms with Crippen molar-refractivity contribution in [2.75, 3.05) is 5.75 Å². The highest BCUT2D eigenvalue weighted by Gasteiger charge is 1.35. The molecule has 0 saturated carbocycles. The van der Waals surface area contributed by atoms with Crippen LogP contribution in [0.15, 0.2) is 0 Å². The van der Waals surface area contributed by atoms with Crippen LogP contribution in [0, 0.1) is 0 Å². The number of rotatable bonds is 0. The fourth-order valence-corrected chi connectivity index (χ4v) is 0. The first-order chi connectivity index (χ1) is 2.83. The van der Waals surface area contributed by atoms with Crippen LogP contribution in [-0.2, 0) is 0 Å². The van der Waals surface area contributed by atoms with Crippen molar-refractivity contribution in [2.45, 2.75) is 27.2 Å². The van der Waals surface area contributed by atoms with Gasteiger partial charge in [-0.25, -0.2) is 0 Å². The normalized spacial score (nSPS) is 6.00. The molecule has 0 aliphatic carbocycles. The predicted molar refractivity (Wildman–Crippen MR) is 35.5 cm³/mol. The molecule has 0 heterocycles. The lowest BCUT2D eigenvalue weighted by Crippen LogP contribution is -1.36. The molecule has 0 rings (SSSR count). The van der Waals surface area contributed by atoms with Crippen molar-refractivity contribution in [3.05, 3.63) is 0 Å². The molecule has 0 aliphatic heterocycles. The first kappa shape index (κ1) is 9.61. The van der Waals surface area contributed by atoms with Gasteiger partial charge in [-0.1, -0.05) is 27.2 Å². The Kier molecular flexibility index (Phi) is 29.3. The number of hydrogen-bond acceptors (Lipinski definition) is 1. The first-order valence-corrected chi connectivity index (χ1v) is 3.07. The van der Waals surface area contributed by atoms with Crippen LogP contribution in [0.4, 0.5) is 0 Å². The van der Waals surface area contributed by atoms with Gasteiger partial charge in [-0.05, 0) is 5.75 Å². The third-order valence-corrected chi connectivity index (χ3v) is 0. The molecular formula is C5H14S. The molecule has 0 amide bonds. The Morgan fingerprint density at radius 2 is 1.17 bits per heavy atom. The van der Waals surface area contributed by atoms with E-state index in [1.165, 1.54) is 6.42 Å². The Morgan fingerprint density at radius 1 is 1.17 bits per heavy atom. The van der Waals surface area contributed by atoms with E-state index in [4.69, 9.17) is 0 Å². The van der Waals surface area contributed by atoms with Gasteiger partial charge in [0.25, 0.3) is 0 Å². The van der Waals surface area contributed by atoms with E-state index in [-0.39, 0.29) is 0 Å². The summed E-state index contributed by atoms with van der Waals surface area (Å²) >= 11 is 3.79.